The molecule has 0 saturated heterocycles. The van der Waals surface area contributed by atoms with Crippen molar-refractivity contribution in [1.82, 2.24) is 0 Å². The van der Waals surface area contributed by atoms with Gasteiger partial charge in [-0.1, -0.05) is 38.7 Å². The summed E-state index contributed by atoms with van der Waals surface area (Å²) in [5, 5.41) is 8.83. The Morgan fingerprint density at radius 3 is 2.50 bits per heavy atom. The van der Waals surface area contributed by atoms with Crippen molar-refractivity contribution in [2.75, 3.05) is 13.7 Å². The van der Waals surface area contributed by atoms with Crippen molar-refractivity contribution < 1.29 is 19.1 Å². The predicted molar refractivity (Wildman–Crippen MR) is 91.9 cm³/mol. The van der Waals surface area contributed by atoms with E-state index < -0.39 is 8.32 Å². The third kappa shape index (κ3) is 8.37. The lowest BCUT2D eigenvalue weighted by Gasteiger charge is -2.38. The zero-order valence-corrected chi connectivity index (χ0v) is 15.7. The average molecular weight is 327 g/mol. The molecule has 0 saturated carbocycles. The van der Waals surface area contributed by atoms with Crippen molar-refractivity contribution in [3.63, 3.8) is 0 Å². The summed E-state index contributed by atoms with van der Waals surface area (Å²) in [4.78, 5) is 11.2. The fourth-order valence-electron chi connectivity index (χ4n) is 1.48. The monoisotopic (exact) mass is 326 g/mol. The third-order valence-corrected chi connectivity index (χ3v) is 8.36. The molecular weight excluding hydrogens is 296 g/mol. The van der Waals surface area contributed by atoms with Gasteiger partial charge in [0.2, 0.25) is 0 Å². The molecule has 0 aliphatic rings. The topological polar surface area (TPSA) is 55.8 Å². The molecule has 5 heteroatoms. The van der Waals surface area contributed by atoms with Crippen molar-refractivity contribution in [2.24, 2.45) is 0 Å². The van der Waals surface area contributed by atoms with Gasteiger partial charge in [-0.05, 0) is 37.0 Å². The van der Waals surface area contributed by atoms with Crippen LogP contribution in [0.2, 0.25) is 18.1 Å². The highest BCUT2D eigenvalue weighted by molar-refractivity contribution is 6.74. The highest BCUT2D eigenvalue weighted by Crippen LogP contribution is 2.37. The van der Waals surface area contributed by atoms with Crippen LogP contribution < -0.4 is 0 Å². The largest absolute Gasteiger partial charge is 0.469 e. The summed E-state index contributed by atoms with van der Waals surface area (Å²) in [6.45, 7) is 10.9. The summed E-state index contributed by atoms with van der Waals surface area (Å²) in [5.74, 6) is 5.78. The summed E-state index contributed by atoms with van der Waals surface area (Å²) in [6, 6.07) is 0. The van der Waals surface area contributed by atoms with Crippen molar-refractivity contribution >= 4 is 14.3 Å². The Hall–Kier alpha value is -1.09. The molecule has 0 aromatic carbocycles. The lowest BCUT2D eigenvalue weighted by molar-refractivity contribution is -0.140. The number of hydrogen-bond donors (Lipinski definition) is 1. The lowest BCUT2D eigenvalue weighted by atomic mass is 10.1. The summed E-state index contributed by atoms with van der Waals surface area (Å²) in [6.07, 6.45) is 4.77. The smallest absolute Gasteiger partial charge is 0.305 e. The molecule has 0 fully saturated rings. The molecule has 0 aromatic heterocycles. The molecule has 1 atom stereocenters. The first kappa shape index (κ1) is 20.9. The van der Waals surface area contributed by atoms with Crippen LogP contribution >= 0.6 is 0 Å². The van der Waals surface area contributed by atoms with Gasteiger partial charge in [0.15, 0.2) is 8.32 Å². The van der Waals surface area contributed by atoms with Crippen LogP contribution in [0.1, 0.15) is 40.0 Å². The molecule has 0 unspecified atom stereocenters. The molecule has 0 aliphatic heterocycles. The van der Waals surface area contributed by atoms with Crippen molar-refractivity contribution in [2.45, 2.75) is 64.3 Å². The molecule has 0 aromatic rings. The number of carbonyl (C=O) groups is 1. The van der Waals surface area contributed by atoms with E-state index in [1.54, 1.807) is 12.2 Å². The van der Waals surface area contributed by atoms with E-state index >= 15 is 0 Å². The molecule has 0 aliphatic carbocycles. The number of carbonyl (C=O) groups excluding carboxylic acids is 1. The van der Waals surface area contributed by atoms with Gasteiger partial charge in [0.05, 0.1) is 13.7 Å². The highest BCUT2D eigenvalue weighted by atomic mass is 28.4. The summed E-state index contributed by atoms with van der Waals surface area (Å²) >= 11 is 0. The Bertz CT molecular complexity index is 424. The van der Waals surface area contributed by atoms with E-state index in [0.29, 0.717) is 19.3 Å². The minimum absolute atomic E-state index is 0.0230. The molecule has 4 nitrogen and oxygen atoms in total. The lowest BCUT2D eigenvalue weighted by Crippen LogP contribution is -2.43. The van der Waals surface area contributed by atoms with Crippen LogP contribution in [-0.2, 0) is 14.0 Å². The molecule has 0 heterocycles. The molecule has 1 N–H and O–H groups in total. The standard InChI is InChI=1S/C17H30O4Si/c1-17(2,3)22(5,6)21-15(11-8-7-9-14-18)12-10-13-16(19)20-4/h7,9,15,18H,10,12-14H2,1-6H3/b9-7+/t15-/m1/s1. The van der Waals surface area contributed by atoms with Crippen LogP contribution in [0, 0.1) is 11.8 Å². The first-order valence-corrected chi connectivity index (χ1v) is 10.6. The van der Waals surface area contributed by atoms with Crippen LogP contribution in [0.15, 0.2) is 12.2 Å². The summed E-state index contributed by atoms with van der Waals surface area (Å²) < 4.78 is 11.0. The van der Waals surface area contributed by atoms with Crippen LogP contribution in [0.25, 0.3) is 0 Å². The Morgan fingerprint density at radius 2 is 2.00 bits per heavy atom. The van der Waals surface area contributed by atoms with Gasteiger partial charge in [0, 0.05) is 6.42 Å². The van der Waals surface area contributed by atoms with E-state index in [9.17, 15) is 4.79 Å². The number of esters is 1. The van der Waals surface area contributed by atoms with Crippen LogP contribution in [0.4, 0.5) is 0 Å². The molecule has 126 valence electrons. The van der Waals surface area contributed by atoms with Crippen LogP contribution in [0.3, 0.4) is 0 Å². The fraction of sp³-hybridized carbons (Fsp3) is 0.706. The molecule has 0 radical (unpaired) electrons. The minimum Gasteiger partial charge on any atom is -0.469 e. The maximum Gasteiger partial charge on any atom is 0.305 e. The Morgan fingerprint density at radius 1 is 1.36 bits per heavy atom. The van der Waals surface area contributed by atoms with Gasteiger partial charge in [-0.2, -0.15) is 0 Å². The van der Waals surface area contributed by atoms with E-state index in [4.69, 9.17) is 9.53 Å². The molecular formula is C17H30O4Si. The van der Waals surface area contributed by atoms with Gasteiger partial charge in [-0.25, -0.2) is 0 Å². The Balaban J connectivity index is 4.81. The van der Waals surface area contributed by atoms with Crippen molar-refractivity contribution in [3.05, 3.63) is 12.2 Å². The maximum atomic E-state index is 11.2. The summed E-state index contributed by atoms with van der Waals surface area (Å²) in [7, 11) is -0.520. The van der Waals surface area contributed by atoms with Crippen LogP contribution in [-0.4, -0.2) is 39.2 Å². The van der Waals surface area contributed by atoms with Gasteiger partial charge in [0.25, 0.3) is 0 Å². The van der Waals surface area contributed by atoms with Gasteiger partial charge < -0.3 is 14.3 Å². The fourth-order valence-corrected chi connectivity index (χ4v) is 2.72. The first-order chi connectivity index (χ1) is 10.1. The van der Waals surface area contributed by atoms with Gasteiger partial charge >= 0.3 is 5.97 Å². The molecule has 0 spiro atoms. The van der Waals surface area contributed by atoms with E-state index in [1.807, 2.05) is 0 Å². The molecule has 0 amide bonds. The molecule has 0 rings (SSSR count). The Kier molecular flexibility index (Phi) is 9.34. The SMILES string of the molecule is COC(=O)CCC[C@@H](C#C/C=C/CO)O[Si](C)(C)C(C)(C)C. The first-order valence-electron chi connectivity index (χ1n) is 7.65. The number of methoxy groups -OCH3 is 1. The summed E-state index contributed by atoms with van der Waals surface area (Å²) in [5.41, 5.74) is 0. The Labute approximate surface area is 136 Å². The number of hydrogen-bond acceptors (Lipinski definition) is 4. The van der Waals surface area contributed by atoms with Crippen molar-refractivity contribution in [3.8, 4) is 11.8 Å². The number of aliphatic hydroxyl groups is 1. The quantitative estimate of drug-likeness (QED) is 0.443. The maximum absolute atomic E-state index is 11.2. The van der Waals surface area contributed by atoms with E-state index in [1.165, 1.54) is 7.11 Å². The van der Waals surface area contributed by atoms with Gasteiger partial charge in [-0.3, -0.25) is 4.79 Å². The number of rotatable bonds is 7. The molecule has 22 heavy (non-hydrogen) atoms. The van der Waals surface area contributed by atoms with E-state index in [0.717, 1.165) is 0 Å². The second kappa shape index (κ2) is 9.83. The van der Waals surface area contributed by atoms with Crippen LogP contribution in [0.5, 0.6) is 0 Å². The molecule has 0 bridgehead atoms. The minimum atomic E-state index is -1.91. The van der Waals surface area contributed by atoms with Gasteiger partial charge in [0.1, 0.15) is 6.10 Å². The zero-order valence-electron chi connectivity index (χ0n) is 14.7. The van der Waals surface area contributed by atoms with E-state index in [-0.39, 0.29) is 23.7 Å². The zero-order chi connectivity index (χ0) is 17.2. The normalized spacial score (nSPS) is 13.6. The highest BCUT2D eigenvalue weighted by Gasteiger charge is 2.38. The second-order valence-corrected chi connectivity index (χ2v) is 11.5. The van der Waals surface area contributed by atoms with E-state index in [2.05, 4.69) is 50.4 Å². The predicted octanol–water partition coefficient (Wildman–Crippen LogP) is 3.27. The average Bonchev–Trinajstić information content (AvgIpc) is 2.41. The number of allylic oxidation sites excluding steroid dienone is 1. The number of ether oxygens (including phenoxy) is 1. The van der Waals surface area contributed by atoms with Gasteiger partial charge in [-0.15, -0.1) is 0 Å². The second-order valence-electron chi connectivity index (χ2n) is 6.71. The third-order valence-electron chi connectivity index (χ3n) is 3.87. The van der Waals surface area contributed by atoms with Crippen molar-refractivity contribution in [1.29, 1.82) is 0 Å². The number of aliphatic hydroxyl groups excluding tert-OH is 1.